The lowest BCUT2D eigenvalue weighted by Crippen LogP contribution is -2.22. The summed E-state index contributed by atoms with van der Waals surface area (Å²) >= 11 is 0.454. The molecule has 0 aliphatic carbocycles. The highest BCUT2D eigenvalue weighted by atomic mass is 32.1. The second kappa shape index (κ2) is 9.25. The normalized spacial score (nSPS) is 12.1. The molecule has 0 saturated carbocycles. The Morgan fingerprint density at radius 1 is 1.17 bits per heavy atom. The van der Waals surface area contributed by atoms with Gasteiger partial charge in [0.25, 0.3) is 18.8 Å². The van der Waals surface area contributed by atoms with Crippen LogP contribution >= 0.6 is 11.3 Å². The maximum absolute atomic E-state index is 13.4. The number of hydrogen-bond acceptors (Lipinski definition) is 6. The van der Waals surface area contributed by atoms with Gasteiger partial charge in [-0.1, -0.05) is 0 Å². The lowest BCUT2D eigenvalue weighted by atomic mass is 10.1. The van der Waals surface area contributed by atoms with Crippen molar-refractivity contribution in [2.75, 3.05) is 5.32 Å². The molecule has 2 amide bonds. The first-order valence-electron chi connectivity index (χ1n) is 9.69. The van der Waals surface area contributed by atoms with Crippen LogP contribution in [-0.2, 0) is 17.5 Å². The lowest BCUT2D eigenvalue weighted by molar-refractivity contribution is -0.140. The Kier molecular flexibility index (Phi) is 6.46. The first-order valence-corrected chi connectivity index (χ1v) is 10.5. The second-order valence-electron chi connectivity index (χ2n) is 7.18. The van der Waals surface area contributed by atoms with Gasteiger partial charge in [-0.3, -0.25) is 14.3 Å². The molecule has 36 heavy (non-hydrogen) atoms. The van der Waals surface area contributed by atoms with E-state index in [2.05, 4.69) is 15.4 Å². The van der Waals surface area contributed by atoms with Crippen LogP contribution in [0, 0.1) is 0 Å². The van der Waals surface area contributed by atoms with Gasteiger partial charge in [0.05, 0.1) is 12.0 Å². The summed E-state index contributed by atoms with van der Waals surface area (Å²) in [4.78, 5) is 27.6. The molecule has 190 valence electrons. The Hall–Kier alpha value is -3.95. The van der Waals surface area contributed by atoms with Crippen LogP contribution in [0.25, 0.3) is 21.5 Å². The van der Waals surface area contributed by atoms with Crippen molar-refractivity contribution in [3.05, 3.63) is 52.5 Å². The number of amides is 2. The van der Waals surface area contributed by atoms with E-state index in [1.165, 1.54) is 18.4 Å². The van der Waals surface area contributed by atoms with Crippen LogP contribution in [0.15, 0.2) is 34.9 Å². The fourth-order valence-electron chi connectivity index (χ4n) is 3.34. The number of pyridine rings is 1. The third kappa shape index (κ3) is 4.75. The number of furan rings is 1. The Labute approximate surface area is 199 Å². The van der Waals surface area contributed by atoms with Crippen molar-refractivity contribution in [2.45, 2.75) is 25.6 Å². The van der Waals surface area contributed by atoms with E-state index in [0.29, 0.717) is 28.2 Å². The number of carbonyl (C=O) groups is 2. The fraction of sp³-hybridized carbons (Fsp3) is 0.200. The predicted molar refractivity (Wildman–Crippen MR) is 112 cm³/mol. The van der Waals surface area contributed by atoms with Crippen LogP contribution in [0.2, 0.25) is 0 Å². The van der Waals surface area contributed by atoms with Crippen molar-refractivity contribution in [3.63, 3.8) is 0 Å². The molecule has 0 atom stereocenters. The Morgan fingerprint density at radius 3 is 2.44 bits per heavy atom. The van der Waals surface area contributed by atoms with Gasteiger partial charge < -0.3 is 15.5 Å². The minimum Gasteiger partial charge on any atom is -0.464 e. The average Bonchev–Trinajstić information content (AvgIpc) is 3.51. The molecule has 0 bridgehead atoms. The standard InChI is InChI=1S/C20H12F7N5O3S/c21-16(22)8-5-9(17(23)24)32(31-8)6-12(33)30-14-13-7(10-2-1-3-35-10)4-11(20(25,26)27)29-19(13)36-15(14)18(28)34/h1-5,16-17H,6H2,(H2,28,34)(H,30,33). The highest BCUT2D eigenvalue weighted by Crippen LogP contribution is 2.43. The van der Waals surface area contributed by atoms with Crippen molar-refractivity contribution in [2.24, 2.45) is 5.73 Å². The Balaban J connectivity index is 1.82. The van der Waals surface area contributed by atoms with Crippen molar-refractivity contribution >= 4 is 39.1 Å². The summed E-state index contributed by atoms with van der Waals surface area (Å²) in [6, 6.07) is 3.80. The van der Waals surface area contributed by atoms with Gasteiger partial charge in [-0.05, 0) is 24.3 Å². The number of carbonyl (C=O) groups excluding carboxylic acids is 2. The number of nitrogens with two attached hydrogens (primary N) is 1. The third-order valence-electron chi connectivity index (χ3n) is 4.80. The van der Waals surface area contributed by atoms with Gasteiger partial charge >= 0.3 is 6.18 Å². The molecule has 0 aliphatic heterocycles. The van der Waals surface area contributed by atoms with Crippen molar-refractivity contribution in [1.29, 1.82) is 0 Å². The Morgan fingerprint density at radius 2 is 1.89 bits per heavy atom. The molecule has 0 radical (unpaired) electrons. The van der Waals surface area contributed by atoms with Gasteiger partial charge in [0.2, 0.25) is 5.91 Å². The number of hydrogen-bond donors (Lipinski definition) is 2. The zero-order valence-electron chi connectivity index (χ0n) is 17.4. The molecule has 8 nitrogen and oxygen atoms in total. The quantitative estimate of drug-likeness (QED) is 0.308. The minimum absolute atomic E-state index is 0.0640. The molecule has 4 aromatic rings. The minimum atomic E-state index is -4.87. The molecule has 0 spiro atoms. The molecule has 4 aromatic heterocycles. The summed E-state index contributed by atoms with van der Waals surface area (Å²) < 4.78 is 98.2. The number of thiophene rings is 1. The Bertz CT molecular complexity index is 1440. The topological polar surface area (TPSA) is 116 Å². The average molecular weight is 535 g/mol. The smallest absolute Gasteiger partial charge is 0.433 e. The molecule has 3 N–H and O–H groups in total. The van der Waals surface area contributed by atoms with Gasteiger partial charge in [-0.2, -0.15) is 18.3 Å². The molecule has 0 aliphatic rings. The zero-order chi connectivity index (χ0) is 26.4. The maximum Gasteiger partial charge on any atom is 0.433 e. The van der Waals surface area contributed by atoms with E-state index < -0.39 is 54.5 Å². The van der Waals surface area contributed by atoms with Gasteiger partial charge in [0.15, 0.2) is 0 Å². The van der Waals surface area contributed by atoms with Crippen LogP contribution in [0.1, 0.15) is 39.6 Å². The van der Waals surface area contributed by atoms with Crippen LogP contribution < -0.4 is 11.1 Å². The lowest BCUT2D eigenvalue weighted by Gasteiger charge is -2.11. The summed E-state index contributed by atoms with van der Waals surface area (Å²) in [6.45, 7) is -0.980. The van der Waals surface area contributed by atoms with E-state index in [1.807, 2.05) is 0 Å². The van der Waals surface area contributed by atoms with Crippen LogP contribution in [0.4, 0.5) is 36.4 Å². The molecular formula is C20H12F7N5O3S. The van der Waals surface area contributed by atoms with Crippen LogP contribution in [0.3, 0.4) is 0 Å². The number of nitrogens with one attached hydrogen (secondary N) is 1. The second-order valence-corrected chi connectivity index (χ2v) is 8.18. The number of nitrogens with zero attached hydrogens (tertiary/aromatic N) is 3. The van der Waals surface area contributed by atoms with E-state index in [4.69, 9.17) is 10.2 Å². The molecule has 4 heterocycles. The van der Waals surface area contributed by atoms with Gasteiger partial charge in [-0.25, -0.2) is 22.5 Å². The van der Waals surface area contributed by atoms with Crippen molar-refractivity contribution in [1.82, 2.24) is 14.8 Å². The number of anilines is 1. The molecule has 4 rings (SSSR count). The van der Waals surface area contributed by atoms with E-state index in [9.17, 15) is 40.3 Å². The third-order valence-corrected chi connectivity index (χ3v) is 5.90. The van der Waals surface area contributed by atoms with Gasteiger partial charge in [0.1, 0.15) is 39.1 Å². The first kappa shape index (κ1) is 25.2. The number of primary amides is 1. The summed E-state index contributed by atoms with van der Waals surface area (Å²) in [7, 11) is 0. The summed E-state index contributed by atoms with van der Waals surface area (Å²) in [5, 5.41) is 5.41. The van der Waals surface area contributed by atoms with Crippen LogP contribution in [-0.4, -0.2) is 26.6 Å². The number of halogens is 7. The number of alkyl halides is 7. The molecule has 0 saturated heterocycles. The highest BCUT2D eigenvalue weighted by Gasteiger charge is 2.35. The van der Waals surface area contributed by atoms with Crippen LogP contribution in [0.5, 0.6) is 0 Å². The molecular weight excluding hydrogens is 523 g/mol. The summed E-state index contributed by atoms with van der Waals surface area (Å²) in [5.74, 6) is -2.29. The highest BCUT2D eigenvalue weighted by molar-refractivity contribution is 7.21. The van der Waals surface area contributed by atoms with E-state index >= 15 is 0 Å². The molecule has 0 aromatic carbocycles. The number of aromatic nitrogens is 3. The van der Waals surface area contributed by atoms with Gasteiger partial charge in [-0.15, -0.1) is 11.3 Å². The summed E-state index contributed by atoms with van der Waals surface area (Å²) in [6.07, 6.45) is -10.1. The monoisotopic (exact) mass is 535 g/mol. The van der Waals surface area contributed by atoms with E-state index in [0.717, 1.165) is 0 Å². The zero-order valence-corrected chi connectivity index (χ0v) is 18.3. The van der Waals surface area contributed by atoms with Crippen molar-refractivity contribution < 1.29 is 44.7 Å². The van der Waals surface area contributed by atoms with Gasteiger partial charge in [0, 0.05) is 10.9 Å². The summed E-state index contributed by atoms with van der Waals surface area (Å²) in [5.41, 5.74) is 1.55. The van der Waals surface area contributed by atoms with E-state index in [-0.39, 0.29) is 32.1 Å². The fourth-order valence-corrected chi connectivity index (χ4v) is 4.35. The SMILES string of the molecule is NC(=O)c1sc2nc(C(F)(F)F)cc(-c3ccco3)c2c1NC(=O)Cn1nc(C(F)F)cc1C(F)F. The number of rotatable bonds is 7. The molecule has 0 fully saturated rings. The van der Waals surface area contributed by atoms with E-state index in [1.54, 1.807) is 0 Å². The molecule has 16 heteroatoms. The maximum atomic E-state index is 13.4. The predicted octanol–water partition coefficient (Wildman–Crippen LogP) is 5.38. The number of fused-ring (bicyclic) bond motifs is 1. The van der Waals surface area contributed by atoms with Crippen molar-refractivity contribution in [3.8, 4) is 11.3 Å². The largest absolute Gasteiger partial charge is 0.464 e. The first-order chi connectivity index (χ1) is 16.9. The molecule has 0 unspecified atom stereocenters.